The van der Waals surface area contributed by atoms with Crippen LogP contribution in [-0.4, -0.2) is 42.9 Å². The summed E-state index contributed by atoms with van der Waals surface area (Å²) in [6, 6.07) is 11.0. The number of hydrogen-bond donors (Lipinski definition) is 0. The van der Waals surface area contributed by atoms with Gasteiger partial charge in [-0.1, -0.05) is 32.9 Å². The molecular formula is C23H31NO5S. The zero-order chi connectivity index (χ0) is 22.1. The van der Waals surface area contributed by atoms with Gasteiger partial charge in [-0.25, -0.2) is 8.42 Å². The van der Waals surface area contributed by atoms with Gasteiger partial charge in [0.1, 0.15) is 17.3 Å². The van der Waals surface area contributed by atoms with E-state index in [2.05, 4.69) is 20.8 Å². The molecule has 1 aliphatic heterocycles. The Kier molecular flexibility index (Phi) is 6.32. The van der Waals surface area contributed by atoms with Crippen LogP contribution >= 0.6 is 0 Å². The highest BCUT2D eigenvalue weighted by Crippen LogP contribution is 2.26. The minimum atomic E-state index is -3.13. The first-order valence-electron chi connectivity index (χ1n) is 10.3. The van der Waals surface area contributed by atoms with E-state index >= 15 is 0 Å². The SMILES string of the molecule is Cc1ccc(CN(C(=O)[C@@H](C)Oc2ccc(C(C)(C)C)cc2)[C@@H]2CCS(=O)(=O)C2)o1. The lowest BCUT2D eigenvalue weighted by atomic mass is 9.87. The third kappa shape index (κ3) is 5.45. The average molecular weight is 434 g/mol. The first kappa shape index (κ1) is 22.4. The van der Waals surface area contributed by atoms with E-state index in [0.717, 1.165) is 5.76 Å². The molecule has 1 saturated heterocycles. The summed E-state index contributed by atoms with van der Waals surface area (Å²) in [5, 5.41) is 0. The Hall–Kier alpha value is -2.28. The van der Waals surface area contributed by atoms with Crippen LogP contribution in [0.15, 0.2) is 40.8 Å². The molecule has 6 nitrogen and oxygen atoms in total. The molecule has 0 radical (unpaired) electrons. The van der Waals surface area contributed by atoms with E-state index in [1.54, 1.807) is 11.8 Å². The summed E-state index contributed by atoms with van der Waals surface area (Å²) in [4.78, 5) is 14.8. The van der Waals surface area contributed by atoms with Gasteiger partial charge < -0.3 is 14.1 Å². The molecule has 0 spiro atoms. The number of carbonyl (C=O) groups is 1. The second-order valence-electron chi connectivity index (χ2n) is 9.07. The van der Waals surface area contributed by atoms with Crippen LogP contribution in [0.1, 0.15) is 51.2 Å². The van der Waals surface area contributed by atoms with Crippen LogP contribution < -0.4 is 4.74 Å². The molecule has 30 heavy (non-hydrogen) atoms. The van der Waals surface area contributed by atoms with Crippen LogP contribution in [0.4, 0.5) is 0 Å². The fourth-order valence-electron chi connectivity index (χ4n) is 3.67. The van der Waals surface area contributed by atoms with Crippen molar-refractivity contribution in [1.82, 2.24) is 4.90 Å². The van der Waals surface area contributed by atoms with Gasteiger partial charge in [0.05, 0.1) is 18.1 Å². The quantitative estimate of drug-likeness (QED) is 0.691. The molecular weight excluding hydrogens is 402 g/mol. The highest BCUT2D eigenvalue weighted by molar-refractivity contribution is 7.91. The Morgan fingerprint density at radius 1 is 1.20 bits per heavy atom. The molecule has 0 unspecified atom stereocenters. The van der Waals surface area contributed by atoms with Crippen molar-refractivity contribution in [3.8, 4) is 5.75 Å². The topological polar surface area (TPSA) is 76.8 Å². The monoisotopic (exact) mass is 433 g/mol. The van der Waals surface area contributed by atoms with E-state index in [9.17, 15) is 13.2 Å². The van der Waals surface area contributed by atoms with Crippen LogP contribution in [0.3, 0.4) is 0 Å². The van der Waals surface area contributed by atoms with Crippen molar-refractivity contribution < 1.29 is 22.4 Å². The second-order valence-corrected chi connectivity index (χ2v) is 11.3. The number of sulfone groups is 1. The predicted molar refractivity (Wildman–Crippen MR) is 116 cm³/mol. The summed E-state index contributed by atoms with van der Waals surface area (Å²) in [5.41, 5.74) is 1.21. The molecule has 1 aromatic heterocycles. The van der Waals surface area contributed by atoms with Gasteiger partial charge in [0, 0.05) is 6.04 Å². The predicted octanol–water partition coefficient (Wildman–Crippen LogP) is 3.87. The maximum atomic E-state index is 13.2. The molecule has 1 fully saturated rings. The van der Waals surface area contributed by atoms with E-state index < -0.39 is 15.9 Å². The van der Waals surface area contributed by atoms with Gasteiger partial charge in [0.2, 0.25) is 0 Å². The van der Waals surface area contributed by atoms with Gasteiger partial charge in [0.25, 0.3) is 5.91 Å². The number of amides is 1. The maximum absolute atomic E-state index is 13.2. The van der Waals surface area contributed by atoms with Crippen LogP contribution in [-0.2, 0) is 26.6 Å². The summed E-state index contributed by atoms with van der Waals surface area (Å²) in [5.74, 6) is 1.82. The fourth-order valence-corrected chi connectivity index (χ4v) is 5.40. The molecule has 0 saturated carbocycles. The number of ether oxygens (including phenoxy) is 1. The van der Waals surface area contributed by atoms with E-state index in [1.807, 2.05) is 43.3 Å². The lowest BCUT2D eigenvalue weighted by molar-refractivity contribution is -0.140. The van der Waals surface area contributed by atoms with Crippen LogP contribution in [0.2, 0.25) is 0 Å². The first-order valence-corrected chi connectivity index (χ1v) is 12.1. The Bertz CT molecular complexity index is 985. The maximum Gasteiger partial charge on any atom is 0.264 e. The first-order chi connectivity index (χ1) is 13.9. The number of aryl methyl sites for hydroxylation is 1. The molecule has 164 valence electrons. The van der Waals surface area contributed by atoms with Gasteiger partial charge in [0.15, 0.2) is 15.9 Å². The Morgan fingerprint density at radius 3 is 2.37 bits per heavy atom. The lowest BCUT2D eigenvalue weighted by Crippen LogP contribution is -2.46. The molecule has 7 heteroatoms. The lowest BCUT2D eigenvalue weighted by Gasteiger charge is -2.30. The largest absolute Gasteiger partial charge is 0.481 e. The van der Waals surface area contributed by atoms with Crippen molar-refractivity contribution in [2.45, 2.75) is 65.1 Å². The Morgan fingerprint density at radius 2 is 1.87 bits per heavy atom. The van der Waals surface area contributed by atoms with Gasteiger partial charge in [-0.2, -0.15) is 0 Å². The van der Waals surface area contributed by atoms with E-state index in [1.165, 1.54) is 5.56 Å². The van der Waals surface area contributed by atoms with E-state index in [4.69, 9.17) is 9.15 Å². The number of rotatable bonds is 6. The van der Waals surface area contributed by atoms with Crippen LogP contribution in [0, 0.1) is 6.92 Å². The molecule has 3 rings (SSSR count). The normalized spacial score (nSPS) is 19.4. The molecule has 0 aliphatic carbocycles. The Balaban J connectivity index is 1.75. The molecule has 2 atom stereocenters. The molecule has 1 amide bonds. The summed E-state index contributed by atoms with van der Waals surface area (Å²) in [6.45, 7) is 10.2. The second kappa shape index (κ2) is 8.46. The average Bonchev–Trinajstić information content (AvgIpc) is 3.23. The van der Waals surface area contributed by atoms with E-state index in [-0.39, 0.29) is 35.4 Å². The number of hydrogen-bond acceptors (Lipinski definition) is 5. The smallest absolute Gasteiger partial charge is 0.264 e. The number of furan rings is 1. The standard InChI is InChI=1S/C23H31NO5S/c1-16-6-9-21(28-16)14-24(19-12-13-30(26,27)15-19)22(25)17(2)29-20-10-7-18(8-11-20)23(3,4)5/h6-11,17,19H,12-15H2,1-5H3/t17-,19-/m1/s1. The molecule has 1 aromatic carbocycles. The fraction of sp³-hybridized carbons (Fsp3) is 0.522. The van der Waals surface area contributed by atoms with Crippen LogP contribution in [0.5, 0.6) is 5.75 Å². The minimum absolute atomic E-state index is 0.0224. The summed E-state index contributed by atoms with van der Waals surface area (Å²) in [6.07, 6.45) is -0.314. The molecule has 2 aromatic rings. The zero-order valence-corrected chi connectivity index (χ0v) is 19.2. The summed E-state index contributed by atoms with van der Waals surface area (Å²) >= 11 is 0. The Labute approximate surface area is 179 Å². The highest BCUT2D eigenvalue weighted by atomic mass is 32.2. The number of carbonyl (C=O) groups excluding carboxylic acids is 1. The van der Waals surface area contributed by atoms with Gasteiger partial charge >= 0.3 is 0 Å². The van der Waals surface area contributed by atoms with Crippen molar-refractivity contribution >= 4 is 15.7 Å². The third-order valence-corrected chi connectivity index (χ3v) is 7.19. The molecule has 1 aliphatic rings. The molecule has 2 heterocycles. The van der Waals surface area contributed by atoms with Crippen molar-refractivity contribution in [3.05, 3.63) is 53.5 Å². The van der Waals surface area contributed by atoms with Crippen molar-refractivity contribution in [2.75, 3.05) is 11.5 Å². The van der Waals surface area contributed by atoms with Crippen molar-refractivity contribution in [1.29, 1.82) is 0 Å². The molecule has 0 N–H and O–H groups in total. The molecule has 0 bridgehead atoms. The number of benzene rings is 1. The van der Waals surface area contributed by atoms with E-state index in [0.29, 0.717) is 17.9 Å². The van der Waals surface area contributed by atoms with Gasteiger partial charge in [-0.3, -0.25) is 4.79 Å². The summed E-state index contributed by atoms with van der Waals surface area (Å²) < 4.78 is 35.6. The van der Waals surface area contributed by atoms with Gasteiger partial charge in [-0.05, 0) is 55.5 Å². The minimum Gasteiger partial charge on any atom is -0.481 e. The number of nitrogens with zero attached hydrogens (tertiary/aromatic N) is 1. The van der Waals surface area contributed by atoms with Crippen LogP contribution in [0.25, 0.3) is 0 Å². The summed E-state index contributed by atoms with van der Waals surface area (Å²) in [7, 11) is -3.13. The van der Waals surface area contributed by atoms with Gasteiger partial charge in [-0.15, -0.1) is 0 Å². The highest BCUT2D eigenvalue weighted by Gasteiger charge is 2.37. The zero-order valence-electron chi connectivity index (χ0n) is 18.3. The van der Waals surface area contributed by atoms with Crippen molar-refractivity contribution in [3.63, 3.8) is 0 Å². The van der Waals surface area contributed by atoms with Crippen molar-refractivity contribution in [2.24, 2.45) is 0 Å². The third-order valence-electron chi connectivity index (χ3n) is 5.44.